The maximum atomic E-state index is 13.3. The van der Waals surface area contributed by atoms with Gasteiger partial charge >= 0.3 is 0 Å². The monoisotopic (exact) mass is 476 g/mol. The molecule has 0 saturated heterocycles. The summed E-state index contributed by atoms with van der Waals surface area (Å²) in [6, 6.07) is 5.08. The molecule has 5 aromatic rings. The van der Waals surface area contributed by atoms with Crippen LogP contribution < -0.4 is 20.3 Å². The van der Waals surface area contributed by atoms with Gasteiger partial charge in [-0.1, -0.05) is 14.4 Å². The number of aromatic amines is 2. The van der Waals surface area contributed by atoms with Gasteiger partial charge in [-0.3, -0.25) is 9.48 Å². The van der Waals surface area contributed by atoms with E-state index < -0.39 is 0 Å². The minimum absolute atomic E-state index is 0. The lowest BCUT2D eigenvalue weighted by atomic mass is 10.1. The molecule has 4 heterocycles. The molecule has 0 spiro atoms. The van der Waals surface area contributed by atoms with E-state index in [2.05, 4.69) is 30.4 Å². The number of ether oxygens (including phenoxy) is 2. The van der Waals surface area contributed by atoms with E-state index in [0.717, 1.165) is 0 Å². The van der Waals surface area contributed by atoms with Crippen molar-refractivity contribution in [3.8, 4) is 22.9 Å². The predicted molar refractivity (Wildman–Crippen MR) is 135 cm³/mol. The normalized spacial score (nSPS) is 11.9. The zero-order valence-electron chi connectivity index (χ0n) is 19.2. The summed E-state index contributed by atoms with van der Waals surface area (Å²) in [4.78, 5) is 33.0. The van der Waals surface area contributed by atoms with E-state index in [9.17, 15) is 4.79 Å². The number of nitrogens with zero attached hydrogens (tertiary/aromatic N) is 5. The van der Waals surface area contributed by atoms with Crippen molar-refractivity contribution in [1.82, 2.24) is 34.7 Å². The number of imidazole rings is 1. The van der Waals surface area contributed by atoms with Crippen molar-refractivity contribution < 1.29 is 9.47 Å². The third kappa shape index (κ3) is 4.16. The van der Waals surface area contributed by atoms with Gasteiger partial charge in [0.2, 0.25) is 0 Å². The van der Waals surface area contributed by atoms with Crippen LogP contribution in [0.5, 0.6) is 11.5 Å². The minimum Gasteiger partial charge on any atom is -0.493 e. The Morgan fingerprint density at radius 2 is 1.80 bits per heavy atom. The number of aromatic nitrogens is 7. The largest absolute Gasteiger partial charge is 0.493 e. The lowest BCUT2D eigenvalue weighted by Crippen LogP contribution is -2.18. The Balaban J connectivity index is 0.00000289. The van der Waals surface area contributed by atoms with Crippen molar-refractivity contribution in [2.45, 2.75) is 26.8 Å². The highest BCUT2D eigenvalue weighted by molar-refractivity contribution is 5.96. The van der Waals surface area contributed by atoms with Gasteiger partial charge in [0.15, 0.2) is 11.5 Å². The number of pyridine rings is 1. The van der Waals surface area contributed by atoms with Gasteiger partial charge in [-0.05, 0) is 12.5 Å². The first-order valence-corrected chi connectivity index (χ1v) is 10.8. The number of hydrogen-bond acceptors (Lipinski definition) is 8. The van der Waals surface area contributed by atoms with Gasteiger partial charge < -0.3 is 24.8 Å². The summed E-state index contributed by atoms with van der Waals surface area (Å²) in [5.41, 5.74) is 3.16. The van der Waals surface area contributed by atoms with Gasteiger partial charge in [-0.25, -0.2) is 15.0 Å². The third-order valence-corrected chi connectivity index (χ3v) is 5.64. The predicted octanol–water partition coefficient (Wildman–Crippen LogP) is 3.81. The molecular weight excluding hydrogens is 448 g/mol. The fraction of sp³-hybridized carbons (Fsp3) is 0.292. The van der Waals surface area contributed by atoms with Crippen molar-refractivity contribution in [2.24, 2.45) is 7.05 Å². The molecule has 4 aromatic heterocycles. The minimum atomic E-state index is -0.301. The molecule has 182 valence electrons. The zero-order chi connectivity index (χ0) is 23.8. The molecule has 0 aliphatic rings. The summed E-state index contributed by atoms with van der Waals surface area (Å²) in [7, 11) is 4.94. The molecule has 0 saturated carbocycles. The highest BCUT2D eigenvalue weighted by atomic mass is 16.5. The number of anilines is 1. The molecule has 35 heavy (non-hydrogen) atoms. The number of hydrogen-bond donors (Lipinski definition) is 3. The van der Waals surface area contributed by atoms with Crippen molar-refractivity contribution in [3.05, 3.63) is 53.0 Å². The van der Waals surface area contributed by atoms with Gasteiger partial charge in [-0.15, -0.1) is 0 Å². The fourth-order valence-electron chi connectivity index (χ4n) is 4.02. The van der Waals surface area contributed by atoms with E-state index in [4.69, 9.17) is 14.5 Å². The van der Waals surface area contributed by atoms with Crippen molar-refractivity contribution in [3.63, 3.8) is 0 Å². The van der Waals surface area contributed by atoms with Gasteiger partial charge in [0.05, 0.1) is 42.5 Å². The van der Waals surface area contributed by atoms with Gasteiger partial charge in [-0.2, -0.15) is 5.10 Å². The Kier molecular flexibility index (Phi) is 6.41. The van der Waals surface area contributed by atoms with Crippen molar-refractivity contribution >= 4 is 27.8 Å². The maximum Gasteiger partial charge on any atom is 0.261 e. The van der Waals surface area contributed by atoms with Crippen LogP contribution in [0.15, 0.2) is 41.6 Å². The summed E-state index contributed by atoms with van der Waals surface area (Å²) >= 11 is 0. The molecule has 0 aliphatic heterocycles. The lowest BCUT2D eigenvalue weighted by molar-refractivity contribution is 0.356. The van der Waals surface area contributed by atoms with Gasteiger partial charge in [0, 0.05) is 37.8 Å². The molecule has 5 rings (SSSR count). The summed E-state index contributed by atoms with van der Waals surface area (Å²) < 4.78 is 12.5. The highest BCUT2D eigenvalue weighted by Crippen LogP contribution is 2.35. The fourth-order valence-corrected chi connectivity index (χ4v) is 4.02. The van der Waals surface area contributed by atoms with Crippen LogP contribution in [-0.2, 0) is 7.05 Å². The molecule has 3 N–H and O–H groups in total. The second-order valence-electron chi connectivity index (χ2n) is 7.79. The molecule has 0 bridgehead atoms. The van der Waals surface area contributed by atoms with Crippen LogP contribution in [-0.4, -0.2) is 48.9 Å². The Labute approximate surface area is 201 Å². The average molecular weight is 477 g/mol. The first-order chi connectivity index (χ1) is 16.5. The summed E-state index contributed by atoms with van der Waals surface area (Å²) in [6.45, 7) is 2.02. The average Bonchev–Trinajstić information content (AvgIpc) is 3.43. The Morgan fingerprint density at radius 1 is 1.09 bits per heavy atom. The van der Waals surface area contributed by atoms with Crippen LogP contribution in [0.1, 0.15) is 32.6 Å². The first-order valence-electron chi connectivity index (χ1n) is 10.8. The molecule has 0 unspecified atom stereocenters. The van der Waals surface area contributed by atoms with Crippen LogP contribution in [0.25, 0.3) is 33.5 Å². The third-order valence-electron chi connectivity index (χ3n) is 5.64. The van der Waals surface area contributed by atoms with E-state index in [1.54, 1.807) is 62.7 Å². The van der Waals surface area contributed by atoms with Crippen LogP contribution in [0.4, 0.5) is 5.69 Å². The lowest BCUT2D eigenvalue weighted by Gasteiger charge is -2.18. The van der Waals surface area contributed by atoms with Crippen LogP contribution >= 0.6 is 0 Å². The molecule has 0 amide bonds. The summed E-state index contributed by atoms with van der Waals surface area (Å²) in [6.07, 6.45) is 5.85. The summed E-state index contributed by atoms with van der Waals surface area (Å²) in [5, 5.41) is 8.06. The van der Waals surface area contributed by atoms with E-state index in [1.165, 1.54) is 0 Å². The maximum absolute atomic E-state index is 13.3. The molecule has 1 atom stereocenters. The number of fused-ring (bicyclic) bond motifs is 2. The molecule has 1 aromatic carbocycles. The Morgan fingerprint density at radius 3 is 2.49 bits per heavy atom. The van der Waals surface area contributed by atoms with E-state index in [1.807, 2.05) is 6.92 Å². The standard InChI is InChI=1S/C23H24N8O3.CH4/c1-5-12(21-24-7-6-8-25-21)26-20-18(23(32)29-15-11-31(2)30-19(15)20)22-27-13-9-16(33-3)17(34-4)10-14(13)28-22;/h6-12,26H,5H2,1-4H3,(H,27,28)(H,29,32);1H4/t12-;/m1./s1. The van der Waals surface area contributed by atoms with E-state index in [-0.39, 0.29) is 19.0 Å². The van der Waals surface area contributed by atoms with Crippen LogP contribution in [0, 0.1) is 0 Å². The second kappa shape index (κ2) is 9.45. The number of H-pyrrole nitrogens is 2. The molecule has 11 nitrogen and oxygen atoms in total. The number of nitrogens with one attached hydrogen (secondary N) is 3. The number of methoxy groups -OCH3 is 2. The zero-order valence-corrected chi connectivity index (χ0v) is 19.2. The molecule has 0 aliphatic carbocycles. The van der Waals surface area contributed by atoms with Crippen molar-refractivity contribution in [1.29, 1.82) is 0 Å². The number of aryl methyl sites for hydroxylation is 1. The van der Waals surface area contributed by atoms with Gasteiger partial charge in [0.25, 0.3) is 5.56 Å². The highest BCUT2D eigenvalue weighted by Gasteiger charge is 2.24. The number of rotatable bonds is 7. The van der Waals surface area contributed by atoms with Crippen LogP contribution in [0.3, 0.4) is 0 Å². The van der Waals surface area contributed by atoms with E-state index >= 15 is 0 Å². The first kappa shape index (κ1) is 23.7. The molecule has 0 fully saturated rings. The van der Waals surface area contributed by atoms with Crippen molar-refractivity contribution in [2.75, 3.05) is 19.5 Å². The molecular formula is C24H28N8O3. The Bertz CT molecular complexity index is 1500. The smallest absolute Gasteiger partial charge is 0.261 e. The molecule has 11 heteroatoms. The quantitative estimate of drug-likeness (QED) is 0.323. The Hall–Kier alpha value is -4.41. The SMILES string of the molecule is C.CC[C@@H](Nc1c(-c2nc3cc(OC)c(OC)cc3[nH]2)c(=O)[nH]c2cn(C)nc12)c1ncccn1. The van der Waals surface area contributed by atoms with E-state index in [0.29, 0.717) is 62.9 Å². The van der Waals surface area contributed by atoms with Gasteiger partial charge in [0.1, 0.15) is 22.7 Å². The second-order valence-corrected chi connectivity index (χ2v) is 7.79. The summed E-state index contributed by atoms with van der Waals surface area (Å²) in [5.74, 6) is 2.13. The van der Waals surface area contributed by atoms with Crippen LogP contribution in [0.2, 0.25) is 0 Å². The topological polar surface area (TPSA) is 136 Å². The number of benzene rings is 1. The molecule has 0 radical (unpaired) electrons.